The van der Waals surface area contributed by atoms with Gasteiger partial charge in [0.1, 0.15) is 0 Å². The molecule has 0 aromatic carbocycles. The van der Waals surface area contributed by atoms with E-state index in [0.717, 1.165) is 0 Å². The fourth-order valence-electron chi connectivity index (χ4n) is 0.190. The first-order valence-electron chi connectivity index (χ1n) is 1.95. The third-order valence-electron chi connectivity index (χ3n) is 0.509. The van der Waals surface area contributed by atoms with Gasteiger partial charge >= 0.3 is 0 Å². The van der Waals surface area contributed by atoms with E-state index < -0.39 is 0 Å². The highest BCUT2D eigenvalue weighted by Gasteiger charge is 1.76. The molecule has 1 N–H and O–H groups in total. The molecule has 0 aliphatic rings. The van der Waals surface area contributed by atoms with E-state index in [0.29, 0.717) is 5.57 Å². The maximum atomic E-state index is 8.27. The molecule has 0 rings (SSSR count). The lowest BCUT2D eigenvalue weighted by atomic mass is 10.3. The van der Waals surface area contributed by atoms with Crippen molar-refractivity contribution in [2.75, 3.05) is 6.61 Å². The van der Waals surface area contributed by atoms with Crippen molar-refractivity contribution in [2.24, 2.45) is 0 Å². The number of aliphatic hydroxyl groups excluding tert-OH is 1. The molecule has 0 saturated carbocycles. The van der Waals surface area contributed by atoms with Crippen molar-refractivity contribution >= 4 is 0 Å². The van der Waals surface area contributed by atoms with Crippen LogP contribution >= 0.6 is 0 Å². The van der Waals surface area contributed by atoms with Crippen LogP contribution in [0.5, 0.6) is 0 Å². The van der Waals surface area contributed by atoms with Crippen LogP contribution in [-0.4, -0.2) is 11.7 Å². The second-order valence-electron chi connectivity index (χ2n) is 1.16. The second kappa shape index (κ2) is 3.41. The molecule has 0 bridgehead atoms. The van der Waals surface area contributed by atoms with E-state index in [-0.39, 0.29) is 6.61 Å². The van der Waals surface area contributed by atoms with Gasteiger partial charge in [0.2, 0.25) is 0 Å². The summed E-state index contributed by atoms with van der Waals surface area (Å²) in [6.07, 6.45) is 1.54. The van der Waals surface area contributed by atoms with Gasteiger partial charge in [0.15, 0.2) is 0 Å². The largest absolute Gasteiger partial charge is 0.392 e. The van der Waals surface area contributed by atoms with Gasteiger partial charge in [-0.05, 0) is 11.6 Å². The molecular formula is C6H8O. The summed E-state index contributed by atoms with van der Waals surface area (Å²) < 4.78 is 0. The number of rotatable bonds is 2. The molecule has 0 aromatic heterocycles. The summed E-state index contributed by atoms with van der Waals surface area (Å²) in [5.41, 5.74) is 3.12. The van der Waals surface area contributed by atoms with Crippen molar-refractivity contribution in [1.29, 1.82) is 0 Å². The van der Waals surface area contributed by atoms with Gasteiger partial charge in [-0.3, -0.25) is 0 Å². The van der Waals surface area contributed by atoms with Crippen molar-refractivity contribution in [1.82, 2.24) is 0 Å². The average Bonchev–Trinajstić information content (AvgIpc) is 1.68. The zero-order valence-electron chi connectivity index (χ0n) is 4.15. The Bertz CT molecular complexity index is 107. The molecule has 0 spiro atoms. The van der Waals surface area contributed by atoms with Gasteiger partial charge in [-0.2, -0.15) is 0 Å². The van der Waals surface area contributed by atoms with Gasteiger partial charge in [0, 0.05) is 0 Å². The van der Waals surface area contributed by atoms with Crippen LogP contribution in [0.25, 0.3) is 0 Å². The molecule has 0 aromatic rings. The van der Waals surface area contributed by atoms with Crippen LogP contribution in [0, 0.1) is 0 Å². The molecule has 1 heteroatoms. The van der Waals surface area contributed by atoms with E-state index in [1.165, 1.54) is 0 Å². The Morgan fingerprint density at radius 1 is 1.86 bits per heavy atom. The predicted octanol–water partition coefficient (Wildman–Crippen LogP) is 0.876. The number of aliphatic hydroxyl groups is 1. The Morgan fingerprint density at radius 2 is 2.43 bits per heavy atom. The summed E-state index contributed by atoms with van der Waals surface area (Å²) in [6, 6.07) is 0. The first-order valence-corrected chi connectivity index (χ1v) is 1.95. The maximum Gasteiger partial charge on any atom is 0.0682 e. The van der Waals surface area contributed by atoms with E-state index >= 15 is 0 Å². The van der Waals surface area contributed by atoms with Crippen LogP contribution < -0.4 is 0 Å². The highest BCUT2D eigenvalue weighted by molar-refractivity contribution is 5.12. The summed E-state index contributed by atoms with van der Waals surface area (Å²) in [6.45, 7) is 6.74. The molecule has 0 radical (unpaired) electrons. The van der Waals surface area contributed by atoms with Gasteiger partial charge in [0.25, 0.3) is 0 Å². The van der Waals surface area contributed by atoms with E-state index in [9.17, 15) is 0 Å². The summed E-state index contributed by atoms with van der Waals surface area (Å²) in [4.78, 5) is 0. The third-order valence-corrected chi connectivity index (χ3v) is 0.509. The fourth-order valence-corrected chi connectivity index (χ4v) is 0.190. The van der Waals surface area contributed by atoms with Crippen molar-refractivity contribution < 1.29 is 5.11 Å². The molecule has 0 unspecified atom stereocenters. The van der Waals surface area contributed by atoms with Gasteiger partial charge in [-0.15, -0.1) is 5.73 Å². The molecule has 0 fully saturated rings. The lowest BCUT2D eigenvalue weighted by Gasteiger charge is -1.83. The summed E-state index contributed by atoms with van der Waals surface area (Å²) in [5, 5.41) is 8.27. The first-order chi connectivity index (χ1) is 3.31. The smallest absolute Gasteiger partial charge is 0.0682 e. The highest BCUT2D eigenvalue weighted by atomic mass is 16.3. The molecular weight excluding hydrogens is 88.1 g/mol. The molecule has 0 saturated heterocycles. The van der Waals surface area contributed by atoms with Crippen molar-refractivity contribution in [3.63, 3.8) is 0 Å². The lowest BCUT2D eigenvalue weighted by molar-refractivity contribution is 0.335. The monoisotopic (exact) mass is 96.1 g/mol. The van der Waals surface area contributed by atoms with E-state index in [4.69, 9.17) is 5.11 Å². The van der Waals surface area contributed by atoms with Crippen LogP contribution in [0.2, 0.25) is 0 Å². The summed E-state index contributed by atoms with van der Waals surface area (Å²) in [5.74, 6) is 0. The fraction of sp³-hybridized carbons (Fsp3) is 0.167. The molecule has 0 aliphatic heterocycles. The minimum absolute atomic E-state index is 0.0114. The van der Waals surface area contributed by atoms with Crippen LogP contribution in [0.1, 0.15) is 0 Å². The van der Waals surface area contributed by atoms with Gasteiger partial charge in [-0.25, -0.2) is 0 Å². The van der Waals surface area contributed by atoms with Gasteiger partial charge in [0.05, 0.1) is 6.61 Å². The van der Waals surface area contributed by atoms with E-state index in [2.05, 4.69) is 18.9 Å². The highest BCUT2D eigenvalue weighted by Crippen LogP contribution is 1.84. The SMILES string of the molecule is C=C=CC(=C)CO. The molecule has 0 aliphatic carbocycles. The quantitative estimate of drug-likeness (QED) is 0.399. The average molecular weight is 96.1 g/mol. The first kappa shape index (κ1) is 6.22. The standard InChI is InChI=1S/C6H8O/c1-3-4-6(2)5-7/h4,7H,1-2,5H2. The molecule has 38 valence electrons. The van der Waals surface area contributed by atoms with E-state index in [1.807, 2.05) is 0 Å². The van der Waals surface area contributed by atoms with Crippen LogP contribution in [0.3, 0.4) is 0 Å². The van der Waals surface area contributed by atoms with Crippen molar-refractivity contribution in [3.8, 4) is 0 Å². The van der Waals surface area contributed by atoms with Gasteiger partial charge in [-0.1, -0.05) is 13.2 Å². The van der Waals surface area contributed by atoms with Crippen LogP contribution in [-0.2, 0) is 0 Å². The molecule has 0 heterocycles. The summed E-state index contributed by atoms with van der Waals surface area (Å²) >= 11 is 0. The zero-order chi connectivity index (χ0) is 5.70. The van der Waals surface area contributed by atoms with Crippen LogP contribution in [0.4, 0.5) is 0 Å². The van der Waals surface area contributed by atoms with Crippen LogP contribution in [0.15, 0.2) is 30.5 Å². The number of hydrogen-bond donors (Lipinski definition) is 1. The van der Waals surface area contributed by atoms with Gasteiger partial charge < -0.3 is 5.11 Å². The van der Waals surface area contributed by atoms with E-state index in [1.54, 1.807) is 6.08 Å². The maximum absolute atomic E-state index is 8.27. The lowest BCUT2D eigenvalue weighted by Crippen LogP contribution is -1.79. The Balaban J connectivity index is 3.58. The summed E-state index contributed by atoms with van der Waals surface area (Å²) in [7, 11) is 0. The minimum Gasteiger partial charge on any atom is -0.392 e. The zero-order valence-corrected chi connectivity index (χ0v) is 4.15. The topological polar surface area (TPSA) is 20.2 Å². The normalized spacial score (nSPS) is 7.00. The number of hydrogen-bond acceptors (Lipinski definition) is 1. The van der Waals surface area contributed by atoms with Crippen molar-refractivity contribution in [2.45, 2.75) is 0 Å². The Morgan fingerprint density at radius 3 is 2.57 bits per heavy atom. The Hall–Kier alpha value is -0.780. The molecule has 1 nitrogen and oxygen atoms in total. The second-order valence-corrected chi connectivity index (χ2v) is 1.16. The molecule has 7 heavy (non-hydrogen) atoms. The third kappa shape index (κ3) is 3.04. The predicted molar refractivity (Wildman–Crippen MR) is 29.9 cm³/mol. The Labute approximate surface area is 43.3 Å². The van der Waals surface area contributed by atoms with Crippen molar-refractivity contribution in [3.05, 3.63) is 30.5 Å². The Kier molecular flexibility index (Phi) is 3.03. The minimum atomic E-state index is -0.0114. The molecule has 0 atom stereocenters. The molecule has 0 amide bonds.